The summed E-state index contributed by atoms with van der Waals surface area (Å²) in [6.07, 6.45) is 3.84. The average Bonchev–Trinajstić information content (AvgIpc) is 2.89. The number of rotatable bonds is 6. The van der Waals surface area contributed by atoms with E-state index in [0.29, 0.717) is 36.2 Å². The highest BCUT2D eigenvalue weighted by Crippen LogP contribution is 2.35. The minimum absolute atomic E-state index is 0.0234. The minimum Gasteiger partial charge on any atom is -0.444 e. The number of aromatic nitrogens is 1. The second kappa shape index (κ2) is 12.2. The standard InChI is InChI=1S/C32H38ClN3O3/c1-21-18-27(33)10-11-28(21)29(20-30(35-38)26-12-15-34-22(2)19-26)25-8-6-23(7-9-25)24-13-16-36(17-14-24)31(37)39-32(3,4)5/h6-12,15,18-19,24,29,38H,13-14,16-17,20H2,1-5H3/b35-30-. The third-order valence-corrected chi connectivity index (χ3v) is 7.55. The lowest BCUT2D eigenvalue weighted by molar-refractivity contribution is 0.0205. The average molecular weight is 548 g/mol. The van der Waals surface area contributed by atoms with Gasteiger partial charge in [-0.25, -0.2) is 4.79 Å². The second-order valence-corrected chi connectivity index (χ2v) is 11.8. The topological polar surface area (TPSA) is 75.0 Å². The number of oxime groups is 1. The van der Waals surface area contributed by atoms with Crippen molar-refractivity contribution in [3.05, 3.63) is 99.3 Å². The summed E-state index contributed by atoms with van der Waals surface area (Å²) in [5.74, 6) is 0.368. The van der Waals surface area contributed by atoms with Crippen LogP contribution in [0.3, 0.4) is 0 Å². The van der Waals surface area contributed by atoms with Gasteiger partial charge in [-0.15, -0.1) is 0 Å². The molecule has 0 saturated carbocycles. The Morgan fingerprint density at radius 3 is 2.38 bits per heavy atom. The monoisotopic (exact) mass is 547 g/mol. The third-order valence-electron chi connectivity index (χ3n) is 7.31. The maximum Gasteiger partial charge on any atom is 0.410 e. The van der Waals surface area contributed by atoms with Crippen LogP contribution in [-0.4, -0.2) is 45.6 Å². The number of pyridine rings is 1. The summed E-state index contributed by atoms with van der Waals surface area (Å²) in [4.78, 5) is 18.5. The first-order valence-corrected chi connectivity index (χ1v) is 13.9. The van der Waals surface area contributed by atoms with Crippen LogP contribution in [0.15, 0.2) is 65.9 Å². The molecule has 1 unspecified atom stereocenters. The van der Waals surface area contributed by atoms with Crippen molar-refractivity contribution in [3.63, 3.8) is 0 Å². The molecule has 7 heteroatoms. The molecule has 0 radical (unpaired) electrons. The molecule has 3 aromatic rings. The molecule has 1 fully saturated rings. The minimum atomic E-state index is -0.487. The first-order valence-electron chi connectivity index (χ1n) is 13.5. The Bertz CT molecular complexity index is 1320. The summed E-state index contributed by atoms with van der Waals surface area (Å²) in [6, 6.07) is 18.5. The lowest BCUT2D eigenvalue weighted by Gasteiger charge is -2.33. The Balaban J connectivity index is 1.55. The van der Waals surface area contributed by atoms with E-state index in [1.165, 1.54) is 5.56 Å². The van der Waals surface area contributed by atoms with Crippen molar-refractivity contribution in [1.29, 1.82) is 0 Å². The SMILES string of the molecule is Cc1cc(/C(CC(c2ccc(C3CCN(C(=O)OC(C)(C)C)CC3)cc2)c2ccc(Cl)cc2C)=N\O)ccn1. The van der Waals surface area contributed by atoms with Gasteiger partial charge >= 0.3 is 6.09 Å². The maximum atomic E-state index is 12.5. The zero-order valence-corrected chi connectivity index (χ0v) is 24.2. The van der Waals surface area contributed by atoms with Gasteiger partial charge < -0.3 is 14.8 Å². The van der Waals surface area contributed by atoms with Crippen molar-refractivity contribution in [3.8, 4) is 0 Å². The fourth-order valence-corrected chi connectivity index (χ4v) is 5.52. The second-order valence-electron chi connectivity index (χ2n) is 11.4. The highest BCUT2D eigenvalue weighted by Gasteiger charge is 2.28. The summed E-state index contributed by atoms with van der Waals surface area (Å²) in [5, 5.41) is 14.4. The van der Waals surface area contributed by atoms with Crippen molar-refractivity contribution in [2.75, 3.05) is 13.1 Å². The van der Waals surface area contributed by atoms with E-state index in [9.17, 15) is 10.0 Å². The van der Waals surface area contributed by atoms with E-state index in [-0.39, 0.29) is 12.0 Å². The number of hydrogen-bond donors (Lipinski definition) is 1. The van der Waals surface area contributed by atoms with E-state index in [4.69, 9.17) is 16.3 Å². The molecule has 2 aromatic carbocycles. The van der Waals surface area contributed by atoms with Crippen molar-refractivity contribution in [2.24, 2.45) is 5.16 Å². The van der Waals surface area contributed by atoms with Crippen molar-refractivity contribution in [1.82, 2.24) is 9.88 Å². The highest BCUT2D eigenvalue weighted by atomic mass is 35.5. The van der Waals surface area contributed by atoms with Gasteiger partial charge in [0.25, 0.3) is 0 Å². The molecule has 0 aliphatic carbocycles. The molecule has 4 rings (SSSR count). The summed E-state index contributed by atoms with van der Waals surface area (Å²) in [5.41, 5.74) is 6.50. The quantitative estimate of drug-likeness (QED) is 0.193. The van der Waals surface area contributed by atoms with E-state index >= 15 is 0 Å². The number of carbonyl (C=O) groups is 1. The summed E-state index contributed by atoms with van der Waals surface area (Å²) in [6.45, 7) is 11.1. The Hall–Kier alpha value is -3.38. The summed E-state index contributed by atoms with van der Waals surface area (Å²) < 4.78 is 5.55. The van der Waals surface area contributed by atoms with Gasteiger partial charge in [-0.05, 0) is 99.9 Å². The number of piperidine rings is 1. The van der Waals surface area contributed by atoms with Crippen LogP contribution in [0.4, 0.5) is 4.79 Å². The molecule has 0 bridgehead atoms. The number of nitrogens with zero attached hydrogens (tertiary/aromatic N) is 3. The number of hydrogen-bond acceptors (Lipinski definition) is 5. The molecule has 1 saturated heterocycles. The van der Waals surface area contributed by atoms with Crippen molar-refractivity contribution >= 4 is 23.4 Å². The number of ether oxygens (including phenoxy) is 1. The molecule has 206 valence electrons. The fraction of sp³-hybridized carbons (Fsp3) is 0.406. The fourth-order valence-electron chi connectivity index (χ4n) is 5.29. The van der Waals surface area contributed by atoms with Crippen LogP contribution in [0.2, 0.25) is 5.02 Å². The maximum absolute atomic E-state index is 12.5. The number of halogens is 1. The number of carbonyl (C=O) groups excluding carboxylic acids is 1. The zero-order valence-electron chi connectivity index (χ0n) is 23.4. The van der Waals surface area contributed by atoms with Gasteiger partial charge in [0.15, 0.2) is 0 Å². The number of amides is 1. The smallest absolute Gasteiger partial charge is 0.410 e. The third kappa shape index (κ3) is 7.39. The molecule has 1 atom stereocenters. The molecule has 1 aromatic heterocycles. The molecule has 2 heterocycles. The van der Waals surface area contributed by atoms with Crippen LogP contribution >= 0.6 is 11.6 Å². The molecule has 39 heavy (non-hydrogen) atoms. The van der Waals surface area contributed by atoms with Gasteiger partial charge in [-0.2, -0.15) is 0 Å². The van der Waals surface area contributed by atoms with E-state index in [2.05, 4.69) is 47.4 Å². The van der Waals surface area contributed by atoms with Gasteiger partial charge in [-0.3, -0.25) is 4.98 Å². The Morgan fingerprint density at radius 2 is 1.79 bits per heavy atom. The molecule has 1 amide bonds. The van der Waals surface area contributed by atoms with Gasteiger partial charge in [0, 0.05) is 47.9 Å². The highest BCUT2D eigenvalue weighted by molar-refractivity contribution is 6.30. The normalized spacial score (nSPS) is 15.7. The summed E-state index contributed by atoms with van der Waals surface area (Å²) in [7, 11) is 0. The van der Waals surface area contributed by atoms with Crippen LogP contribution in [0, 0.1) is 13.8 Å². The number of aryl methyl sites for hydroxylation is 2. The van der Waals surface area contributed by atoms with Crippen LogP contribution in [0.25, 0.3) is 0 Å². The molecular formula is C32H38ClN3O3. The molecule has 6 nitrogen and oxygen atoms in total. The Labute approximate surface area is 236 Å². The first-order chi connectivity index (χ1) is 18.5. The molecule has 1 aliphatic heterocycles. The molecule has 1 N–H and O–H groups in total. The van der Waals surface area contributed by atoms with Crippen LogP contribution in [0.5, 0.6) is 0 Å². The van der Waals surface area contributed by atoms with E-state index in [0.717, 1.165) is 40.8 Å². The van der Waals surface area contributed by atoms with Crippen molar-refractivity contribution in [2.45, 2.75) is 71.3 Å². The summed E-state index contributed by atoms with van der Waals surface area (Å²) >= 11 is 6.28. The lowest BCUT2D eigenvalue weighted by atomic mass is 9.82. The zero-order chi connectivity index (χ0) is 28.2. The largest absolute Gasteiger partial charge is 0.444 e. The molecule has 1 aliphatic rings. The van der Waals surface area contributed by atoms with Gasteiger partial charge in [0.2, 0.25) is 0 Å². The first kappa shape index (κ1) is 28.6. The van der Waals surface area contributed by atoms with Gasteiger partial charge in [0.1, 0.15) is 5.60 Å². The van der Waals surface area contributed by atoms with E-state index in [1.807, 2.05) is 56.9 Å². The van der Waals surface area contributed by atoms with Crippen molar-refractivity contribution < 1.29 is 14.7 Å². The molecule has 0 spiro atoms. The molecular weight excluding hydrogens is 510 g/mol. The van der Waals surface area contributed by atoms with Gasteiger partial charge in [-0.1, -0.05) is 47.1 Å². The number of likely N-dealkylation sites (tertiary alicyclic amines) is 1. The lowest BCUT2D eigenvalue weighted by Crippen LogP contribution is -2.41. The predicted octanol–water partition coefficient (Wildman–Crippen LogP) is 7.87. The van der Waals surface area contributed by atoms with Crippen LogP contribution in [-0.2, 0) is 4.74 Å². The van der Waals surface area contributed by atoms with Gasteiger partial charge in [0.05, 0.1) is 5.71 Å². The predicted molar refractivity (Wildman–Crippen MR) is 156 cm³/mol. The Kier molecular flexibility index (Phi) is 8.96. The van der Waals surface area contributed by atoms with Crippen LogP contribution in [0.1, 0.15) is 85.4 Å². The van der Waals surface area contributed by atoms with E-state index < -0.39 is 5.60 Å². The number of benzene rings is 2. The van der Waals surface area contributed by atoms with Crippen LogP contribution < -0.4 is 0 Å². The van der Waals surface area contributed by atoms with E-state index in [1.54, 1.807) is 6.20 Å². The Morgan fingerprint density at radius 1 is 1.10 bits per heavy atom.